The molecule has 0 aliphatic heterocycles. The molecule has 0 spiro atoms. The van der Waals surface area contributed by atoms with Gasteiger partial charge in [0.05, 0.1) is 12.6 Å². The minimum absolute atomic E-state index is 0.247. The summed E-state index contributed by atoms with van der Waals surface area (Å²) >= 11 is 1.23. The third kappa shape index (κ3) is 1.59. The molecule has 1 N–H and O–H groups in total. The standard InChI is InChI=1S/C10H10N2O4S/c1-3-12-8(14)5(10(15)16-2)7(13)6-9(12)17-4-11-6/h4,13H,3H2,1-2H3. The summed E-state index contributed by atoms with van der Waals surface area (Å²) in [5, 5.41) is 9.87. The first-order valence-corrected chi connectivity index (χ1v) is 5.77. The predicted octanol–water partition coefficient (Wildman–Crippen LogP) is 0.970. The predicted molar refractivity (Wildman–Crippen MR) is 62.6 cm³/mol. The molecule has 0 saturated carbocycles. The second-order valence-electron chi connectivity index (χ2n) is 3.27. The summed E-state index contributed by atoms with van der Waals surface area (Å²) in [6.07, 6.45) is 0. The van der Waals surface area contributed by atoms with Gasteiger partial charge in [0.15, 0.2) is 11.3 Å². The van der Waals surface area contributed by atoms with Crippen LogP contribution in [-0.4, -0.2) is 27.7 Å². The van der Waals surface area contributed by atoms with Crippen LogP contribution in [0.5, 0.6) is 5.75 Å². The van der Waals surface area contributed by atoms with E-state index in [0.717, 1.165) is 7.11 Å². The summed E-state index contributed by atoms with van der Waals surface area (Å²) in [7, 11) is 1.16. The fourth-order valence-corrected chi connectivity index (χ4v) is 2.47. The van der Waals surface area contributed by atoms with Gasteiger partial charge in [-0.15, -0.1) is 11.3 Å². The highest BCUT2D eigenvalue weighted by Crippen LogP contribution is 2.27. The summed E-state index contributed by atoms with van der Waals surface area (Å²) in [6, 6.07) is 0. The molecule has 90 valence electrons. The molecule has 7 heteroatoms. The molecule has 17 heavy (non-hydrogen) atoms. The van der Waals surface area contributed by atoms with Crippen LogP contribution < -0.4 is 5.56 Å². The normalized spacial score (nSPS) is 10.7. The molecule has 6 nitrogen and oxygen atoms in total. The molecule has 2 rings (SSSR count). The summed E-state index contributed by atoms with van der Waals surface area (Å²) < 4.78 is 5.87. The van der Waals surface area contributed by atoms with E-state index in [2.05, 4.69) is 9.72 Å². The van der Waals surface area contributed by atoms with Gasteiger partial charge in [-0.25, -0.2) is 9.78 Å². The Bertz CT molecular complexity index is 644. The highest BCUT2D eigenvalue weighted by Gasteiger charge is 2.23. The lowest BCUT2D eigenvalue weighted by atomic mass is 10.2. The van der Waals surface area contributed by atoms with E-state index in [-0.39, 0.29) is 11.1 Å². The molecule has 2 heterocycles. The van der Waals surface area contributed by atoms with Gasteiger partial charge in [0, 0.05) is 6.54 Å². The van der Waals surface area contributed by atoms with Gasteiger partial charge in [0.25, 0.3) is 5.56 Å². The van der Waals surface area contributed by atoms with Crippen LogP contribution in [-0.2, 0) is 11.3 Å². The number of rotatable bonds is 2. The summed E-state index contributed by atoms with van der Waals surface area (Å²) in [5.41, 5.74) is 0.829. The lowest BCUT2D eigenvalue weighted by Crippen LogP contribution is -2.26. The number of aryl methyl sites for hydroxylation is 1. The molecule has 0 unspecified atom stereocenters. The van der Waals surface area contributed by atoms with Crippen molar-refractivity contribution in [3.8, 4) is 5.75 Å². The van der Waals surface area contributed by atoms with Gasteiger partial charge in [0.1, 0.15) is 10.3 Å². The van der Waals surface area contributed by atoms with Crippen molar-refractivity contribution in [1.29, 1.82) is 0 Å². The highest BCUT2D eigenvalue weighted by atomic mass is 32.1. The van der Waals surface area contributed by atoms with Crippen LogP contribution in [0.25, 0.3) is 10.3 Å². The Labute approximate surface area is 100 Å². The molecule has 0 fully saturated rings. The fourth-order valence-electron chi connectivity index (χ4n) is 1.61. The number of carbonyl (C=O) groups is 1. The van der Waals surface area contributed by atoms with E-state index in [4.69, 9.17) is 0 Å². The molecular formula is C10H10N2O4S. The SMILES string of the molecule is CCn1c(=O)c(C(=O)OC)c(O)c2ncsc21. The molecule has 0 aliphatic carbocycles. The van der Waals surface area contributed by atoms with Gasteiger partial charge in [-0.2, -0.15) is 0 Å². The van der Waals surface area contributed by atoms with E-state index < -0.39 is 17.3 Å². The Morgan fingerprint density at radius 1 is 1.65 bits per heavy atom. The largest absolute Gasteiger partial charge is 0.505 e. The average Bonchev–Trinajstić information content (AvgIpc) is 2.78. The maximum absolute atomic E-state index is 12.0. The number of hydrogen-bond donors (Lipinski definition) is 1. The van der Waals surface area contributed by atoms with Crippen molar-refractivity contribution in [1.82, 2.24) is 9.55 Å². The number of ether oxygens (including phenoxy) is 1. The molecule has 0 aliphatic rings. The van der Waals surface area contributed by atoms with Crippen LogP contribution in [0.4, 0.5) is 0 Å². The van der Waals surface area contributed by atoms with E-state index in [1.807, 2.05) is 0 Å². The van der Waals surface area contributed by atoms with Crippen molar-refractivity contribution in [2.24, 2.45) is 0 Å². The van der Waals surface area contributed by atoms with Crippen LogP contribution in [0.3, 0.4) is 0 Å². The maximum atomic E-state index is 12.0. The monoisotopic (exact) mass is 254 g/mol. The number of fused-ring (bicyclic) bond motifs is 1. The minimum atomic E-state index is -0.857. The zero-order valence-corrected chi connectivity index (χ0v) is 10.1. The second kappa shape index (κ2) is 4.17. The number of nitrogens with zero attached hydrogens (tertiary/aromatic N) is 2. The number of aromatic hydroxyl groups is 1. The average molecular weight is 254 g/mol. The van der Waals surface area contributed by atoms with Gasteiger partial charge in [-0.1, -0.05) is 0 Å². The Morgan fingerprint density at radius 3 is 2.94 bits per heavy atom. The topological polar surface area (TPSA) is 81.4 Å². The highest BCUT2D eigenvalue weighted by molar-refractivity contribution is 7.16. The molecule has 0 saturated heterocycles. The molecule has 0 amide bonds. The lowest BCUT2D eigenvalue weighted by Gasteiger charge is -2.08. The summed E-state index contributed by atoms with van der Waals surface area (Å²) in [6.45, 7) is 2.17. The second-order valence-corrected chi connectivity index (χ2v) is 4.10. The van der Waals surface area contributed by atoms with E-state index in [1.54, 1.807) is 6.92 Å². The molecule has 0 bridgehead atoms. The van der Waals surface area contributed by atoms with Crippen LogP contribution in [0.15, 0.2) is 10.3 Å². The van der Waals surface area contributed by atoms with Gasteiger partial charge in [0.2, 0.25) is 0 Å². The maximum Gasteiger partial charge on any atom is 0.347 e. The van der Waals surface area contributed by atoms with E-state index >= 15 is 0 Å². The molecule has 0 aromatic carbocycles. The van der Waals surface area contributed by atoms with Gasteiger partial charge < -0.3 is 9.84 Å². The Kier molecular flexibility index (Phi) is 2.84. The molecule has 2 aromatic rings. The van der Waals surface area contributed by atoms with Crippen molar-refractivity contribution in [2.45, 2.75) is 13.5 Å². The number of pyridine rings is 1. The third-order valence-corrected chi connectivity index (χ3v) is 3.27. The first-order valence-electron chi connectivity index (χ1n) is 4.89. The van der Waals surface area contributed by atoms with Gasteiger partial charge in [-0.05, 0) is 6.92 Å². The van der Waals surface area contributed by atoms with Gasteiger partial charge >= 0.3 is 5.97 Å². The van der Waals surface area contributed by atoms with E-state index in [1.165, 1.54) is 21.4 Å². The first-order chi connectivity index (χ1) is 8.11. The number of thiazole rings is 1. The van der Waals surface area contributed by atoms with Crippen molar-refractivity contribution < 1.29 is 14.6 Å². The number of hydrogen-bond acceptors (Lipinski definition) is 6. The molecule has 0 radical (unpaired) electrons. The Morgan fingerprint density at radius 2 is 2.35 bits per heavy atom. The van der Waals surface area contributed by atoms with Crippen LogP contribution in [0.1, 0.15) is 17.3 Å². The quantitative estimate of drug-likeness (QED) is 0.807. The van der Waals surface area contributed by atoms with Crippen LogP contribution >= 0.6 is 11.3 Å². The zero-order chi connectivity index (χ0) is 12.6. The van der Waals surface area contributed by atoms with Gasteiger partial charge in [-0.3, -0.25) is 9.36 Å². The molecule has 2 aromatic heterocycles. The first kappa shape index (κ1) is 11.6. The zero-order valence-electron chi connectivity index (χ0n) is 9.26. The van der Waals surface area contributed by atoms with Crippen molar-refractivity contribution in [3.05, 3.63) is 21.4 Å². The third-order valence-electron chi connectivity index (χ3n) is 2.42. The number of esters is 1. The van der Waals surface area contributed by atoms with E-state index in [0.29, 0.717) is 11.4 Å². The smallest absolute Gasteiger partial charge is 0.347 e. The van der Waals surface area contributed by atoms with Crippen LogP contribution in [0.2, 0.25) is 0 Å². The summed E-state index contributed by atoms with van der Waals surface area (Å²) in [4.78, 5) is 28.0. The van der Waals surface area contributed by atoms with Crippen molar-refractivity contribution in [3.63, 3.8) is 0 Å². The Hall–Kier alpha value is -1.89. The van der Waals surface area contributed by atoms with Crippen LogP contribution in [0, 0.1) is 0 Å². The minimum Gasteiger partial charge on any atom is -0.505 e. The number of methoxy groups -OCH3 is 1. The lowest BCUT2D eigenvalue weighted by molar-refractivity contribution is 0.0595. The number of aromatic nitrogens is 2. The van der Waals surface area contributed by atoms with Crippen molar-refractivity contribution >= 4 is 27.7 Å². The summed E-state index contributed by atoms with van der Waals surface area (Å²) in [5.74, 6) is -1.27. The van der Waals surface area contributed by atoms with Crippen molar-refractivity contribution in [2.75, 3.05) is 7.11 Å². The molecule has 0 atom stereocenters. The number of carbonyl (C=O) groups excluding carboxylic acids is 1. The molecular weight excluding hydrogens is 244 g/mol. The van der Waals surface area contributed by atoms with E-state index in [9.17, 15) is 14.7 Å². The fraction of sp³-hybridized carbons (Fsp3) is 0.300. The Balaban J connectivity index is 2.93.